The molecule has 1 aliphatic carbocycles. The van der Waals surface area contributed by atoms with Crippen molar-refractivity contribution in [2.45, 2.75) is 45.6 Å². The molecule has 1 fully saturated rings. The van der Waals surface area contributed by atoms with E-state index >= 15 is 0 Å². The summed E-state index contributed by atoms with van der Waals surface area (Å²) in [5, 5.41) is 0. The van der Waals surface area contributed by atoms with Gasteiger partial charge in [0.1, 0.15) is 0 Å². The lowest BCUT2D eigenvalue weighted by Crippen LogP contribution is -2.26. The van der Waals surface area contributed by atoms with E-state index in [0.29, 0.717) is 11.7 Å². The van der Waals surface area contributed by atoms with Crippen LogP contribution in [0, 0.1) is 19.8 Å². The minimum Gasteiger partial charge on any atom is -0.323 e. The maximum absolute atomic E-state index is 12.3. The van der Waals surface area contributed by atoms with Gasteiger partial charge < -0.3 is 5.73 Å². The summed E-state index contributed by atoms with van der Waals surface area (Å²) in [5.74, 6) is 0.727. The van der Waals surface area contributed by atoms with Crippen molar-refractivity contribution in [2.75, 3.05) is 11.5 Å². The van der Waals surface area contributed by atoms with Crippen LogP contribution in [0.1, 0.15) is 48.4 Å². The monoisotopic (exact) mass is 295 g/mol. The maximum atomic E-state index is 12.3. The fourth-order valence-electron chi connectivity index (χ4n) is 3.21. The van der Waals surface area contributed by atoms with Gasteiger partial charge >= 0.3 is 0 Å². The fraction of sp³-hybridized carbons (Fsp3) is 0.625. The number of nitrogens with two attached hydrogens (primary N) is 1. The van der Waals surface area contributed by atoms with Crippen LogP contribution in [0.3, 0.4) is 0 Å². The van der Waals surface area contributed by atoms with E-state index in [1.165, 1.54) is 18.4 Å². The van der Waals surface area contributed by atoms with Gasteiger partial charge in [0.05, 0.1) is 11.5 Å². The quantitative estimate of drug-likeness (QED) is 0.908. The van der Waals surface area contributed by atoms with Gasteiger partial charge in [-0.1, -0.05) is 36.6 Å². The zero-order valence-electron chi connectivity index (χ0n) is 12.4. The molecule has 1 saturated carbocycles. The van der Waals surface area contributed by atoms with E-state index in [2.05, 4.69) is 6.07 Å². The predicted molar refractivity (Wildman–Crippen MR) is 83.5 cm³/mol. The van der Waals surface area contributed by atoms with Crippen LogP contribution in [0.4, 0.5) is 0 Å². The van der Waals surface area contributed by atoms with Crippen molar-refractivity contribution in [3.63, 3.8) is 0 Å². The van der Waals surface area contributed by atoms with Crippen LogP contribution in [-0.2, 0) is 9.84 Å². The second-order valence-corrected chi connectivity index (χ2v) is 8.35. The lowest BCUT2D eigenvalue weighted by atomic mass is 10.0. The van der Waals surface area contributed by atoms with Gasteiger partial charge in [-0.2, -0.15) is 0 Å². The van der Waals surface area contributed by atoms with Crippen LogP contribution in [0.2, 0.25) is 0 Å². The molecule has 1 atom stereocenters. The van der Waals surface area contributed by atoms with E-state index in [4.69, 9.17) is 5.73 Å². The lowest BCUT2D eigenvalue weighted by Gasteiger charge is -2.17. The molecule has 0 bridgehead atoms. The number of rotatable bonds is 5. The smallest absolute Gasteiger partial charge is 0.152 e. The van der Waals surface area contributed by atoms with Gasteiger partial charge in [-0.05, 0) is 43.7 Å². The molecule has 0 saturated heterocycles. The fourth-order valence-corrected chi connectivity index (χ4v) is 5.12. The number of sulfone groups is 1. The molecule has 2 N–H and O–H groups in total. The van der Waals surface area contributed by atoms with Gasteiger partial charge in [0.15, 0.2) is 9.84 Å². The van der Waals surface area contributed by atoms with Crippen LogP contribution in [-0.4, -0.2) is 19.9 Å². The third-order valence-corrected chi connectivity index (χ3v) is 6.07. The molecule has 112 valence electrons. The summed E-state index contributed by atoms with van der Waals surface area (Å²) in [7, 11) is -3.06. The van der Waals surface area contributed by atoms with E-state index in [1.54, 1.807) is 0 Å². The summed E-state index contributed by atoms with van der Waals surface area (Å²) < 4.78 is 24.5. The van der Waals surface area contributed by atoms with Gasteiger partial charge in [-0.25, -0.2) is 8.42 Å². The Morgan fingerprint density at radius 2 is 1.90 bits per heavy atom. The Labute approximate surface area is 122 Å². The molecule has 20 heavy (non-hydrogen) atoms. The molecule has 0 heterocycles. The summed E-state index contributed by atoms with van der Waals surface area (Å²) in [6, 6.07) is 5.59. The summed E-state index contributed by atoms with van der Waals surface area (Å²) in [6.07, 6.45) is 4.45. The van der Waals surface area contributed by atoms with E-state index in [-0.39, 0.29) is 5.75 Å². The molecule has 1 aromatic rings. The van der Waals surface area contributed by atoms with Crippen LogP contribution in [0.5, 0.6) is 0 Å². The average molecular weight is 295 g/mol. The molecular formula is C16H25NO2S. The third kappa shape index (κ3) is 4.06. The van der Waals surface area contributed by atoms with Crippen molar-refractivity contribution in [2.24, 2.45) is 11.7 Å². The maximum Gasteiger partial charge on any atom is 0.152 e. The van der Waals surface area contributed by atoms with Crippen molar-refractivity contribution >= 4 is 9.84 Å². The van der Waals surface area contributed by atoms with Crippen LogP contribution < -0.4 is 5.73 Å². The van der Waals surface area contributed by atoms with Crippen LogP contribution in [0.25, 0.3) is 0 Å². The Morgan fingerprint density at radius 1 is 1.25 bits per heavy atom. The molecule has 0 radical (unpaired) electrons. The molecule has 2 rings (SSSR count). The molecule has 0 aliphatic heterocycles. The summed E-state index contributed by atoms with van der Waals surface area (Å²) in [6.45, 7) is 4.02. The zero-order valence-corrected chi connectivity index (χ0v) is 13.2. The highest BCUT2D eigenvalue weighted by molar-refractivity contribution is 7.91. The largest absolute Gasteiger partial charge is 0.323 e. The Bertz CT molecular complexity index is 560. The van der Waals surface area contributed by atoms with Gasteiger partial charge in [0.2, 0.25) is 0 Å². The minimum atomic E-state index is -3.06. The highest BCUT2D eigenvalue weighted by atomic mass is 32.2. The number of hydrogen-bond donors (Lipinski definition) is 1. The van der Waals surface area contributed by atoms with E-state index in [1.807, 2.05) is 26.0 Å². The first kappa shape index (κ1) is 15.5. The first-order valence-corrected chi connectivity index (χ1v) is 9.23. The molecule has 0 spiro atoms. The number of benzene rings is 1. The average Bonchev–Trinajstić information content (AvgIpc) is 2.79. The first-order chi connectivity index (χ1) is 9.37. The molecule has 0 aromatic heterocycles. The molecule has 0 amide bonds. The van der Waals surface area contributed by atoms with Gasteiger partial charge in [0.25, 0.3) is 0 Å². The zero-order chi connectivity index (χ0) is 14.8. The van der Waals surface area contributed by atoms with Crippen LogP contribution >= 0.6 is 0 Å². The van der Waals surface area contributed by atoms with Crippen molar-refractivity contribution in [3.05, 3.63) is 34.9 Å². The third-order valence-electron chi connectivity index (χ3n) is 4.22. The van der Waals surface area contributed by atoms with Crippen molar-refractivity contribution in [1.82, 2.24) is 0 Å². The van der Waals surface area contributed by atoms with Gasteiger partial charge in [0, 0.05) is 6.04 Å². The van der Waals surface area contributed by atoms with Gasteiger partial charge in [-0.3, -0.25) is 0 Å². The molecule has 1 unspecified atom stereocenters. The highest BCUT2D eigenvalue weighted by Crippen LogP contribution is 2.27. The SMILES string of the molecule is Cc1ccc(C(N)CS(=O)(=O)CC2CCCC2)c(C)c1. The topological polar surface area (TPSA) is 60.2 Å². The van der Waals surface area contributed by atoms with Crippen molar-refractivity contribution in [3.8, 4) is 0 Å². The summed E-state index contributed by atoms with van der Waals surface area (Å²) >= 11 is 0. The Balaban J connectivity index is 2.04. The number of aryl methyl sites for hydroxylation is 2. The minimum absolute atomic E-state index is 0.0629. The van der Waals surface area contributed by atoms with Crippen LogP contribution in [0.15, 0.2) is 18.2 Å². The number of hydrogen-bond acceptors (Lipinski definition) is 3. The van der Waals surface area contributed by atoms with Crippen molar-refractivity contribution < 1.29 is 8.42 Å². The predicted octanol–water partition coefficient (Wildman–Crippen LogP) is 2.91. The van der Waals surface area contributed by atoms with E-state index in [9.17, 15) is 8.42 Å². The Morgan fingerprint density at radius 3 is 2.50 bits per heavy atom. The normalized spacial score (nSPS) is 18.4. The van der Waals surface area contributed by atoms with E-state index < -0.39 is 15.9 Å². The highest BCUT2D eigenvalue weighted by Gasteiger charge is 2.25. The first-order valence-electron chi connectivity index (χ1n) is 7.40. The molecule has 1 aromatic carbocycles. The second-order valence-electron chi connectivity index (χ2n) is 6.19. The summed E-state index contributed by atoms with van der Waals surface area (Å²) in [4.78, 5) is 0. The lowest BCUT2D eigenvalue weighted by molar-refractivity contribution is 0.554. The molecular weight excluding hydrogens is 270 g/mol. The van der Waals surface area contributed by atoms with E-state index in [0.717, 1.165) is 24.0 Å². The molecule has 1 aliphatic rings. The summed E-state index contributed by atoms with van der Waals surface area (Å²) in [5.41, 5.74) is 9.33. The molecule has 3 nitrogen and oxygen atoms in total. The van der Waals surface area contributed by atoms with Crippen molar-refractivity contribution in [1.29, 1.82) is 0 Å². The molecule has 4 heteroatoms. The Hall–Kier alpha value is -0.870. The van der Waals surface area contributed by atoms with Gasteiger partial charge in [-0.15, -0.1) is 0 Å². The Kier molecular flexibility index (Phi) is 4.86. The standard InChI is InChI=1S/C16H25NO2S/c1-12-7-8-15(13(2)9-12)16(17)11-20(18,19)10-14-5-3-4-6-14/h7-9,14,16H,3-6,10-11,17H2,1-2H3. The second kappa shape index (κ2) is 6.27.